The van der Waals surface area contributed by atoms with Crippen LogP contribution in [0.25, 0.3) is 0 Å². The third kappa shape index (κ3) is 10.9. The zero-order valence-electron chi connectivity index (χ0n) is 38.7. The van der Waals surface area contributed by atoms with Gasteiger partial charge in [-0.1, -0.05) is 29.8 Å². The number of fused-ring (bicyclic) bond motifs is 2. The molecule has 3 aromatic carbocycles. The first-order valence-electron chi connectivity index (χ1n) is 23.0. The average molecular weight is 974 g/mol. The van der Waals surface area contributed by atoms with Crippen LogP contribution in [0.2, 0.25) is 5.02 Å². The van der Waals surface area contributed by atoms with E-state index in [9.17, 15) is 27.6 Å². The van der Waals surface area contributed by atoms with E-state index >= 15 is 0 Å². The molecule has 4 aliphatic heterocycles. The fourth-order valence-corrected chi connectivity index (χ4v) is 10.1. The van der Waals surface area contributed by atoms with Gasteiger partial charge in [-0.05, 0) is 127 Å². The summed E-state index contributed by atoms with van der Waals surface area (Å²) >= 11 is 6.51. The van der Waals surface area contributed by atoms with Crippen molar-refractivity contribution in [1.82, 2.24) is 30.4 Å². The maximum Gasteiger partial charge on any atom is 0.266 e. The minimum absolute atomic E-state index is 0.0821. The van der Waals surface area contributed by atoms with Crippen LogP contribution >= 0.6 is 11.6 Å². The monoisotopic (exact) mass is 972 g/mol. The molecule has 3 saturated heterocycles. The van der Waals surface area contributed by atoms with Crippen molar-refractivity contribution < 1.29 is 46.5 Å². The average Bonchev–Trinajstić information content (AvgIpc) is 4.02. The summed E-state index contributed by atoms with van der Waals surface area (Å²) in [5.41, 5.74) is 3.57. The van der Waals surface area contributed by atoms with Crippen LogP contribution in [-0.2, 0) is 28.9 Å². The number of piperidine rings is 1. The van der Waals surface area contributed by atoms with Gasteiger partial charge in [0.05, 0.1) is 64.7 Å². The van der Waals surface area contributed by atoms with Crippen LogP contribution in [0, 0.1) is 6.92 Å². The van der Waals surface area contributed by atoms with Crippen LogP contribution < -0.4 is 30.7 Å². The molecule has 18 nitrogen and oxygen atoms in total. The molecule has 5 heterocycles. The van der Waals surface area contributed by atoms with E-state index in [1.54, 1.807) is 56.3 Å². The van der Waals surface area contributed by atoms with Crippen molar-refractivity contribution in [3.05, 3.63) is 88.1 Å². The van der Waals surface area contributed by atoms with Gasteiger partial charge in [0, 0.05) is 6.54 Å². The first kappa shape index (κ1) is 48.6. The van der Waals surface area contributed by atoms with E-state index in [0.29, 0.717) is 36.5 Å². The van der Waals surface area contributed by atoms with Gasteiger partial charge in [0.2, 0.25) is 17.8 Å². The van der Waals surface area contributed by atoms with E-state index in [1.807, 2.05) is 19.9 Å². The quantitative estimate of drug-likeness (QED) is 0.0489. The number of epoxide rings is 1. The van der Waals surface area contributed by atoms with Gasteiger partial charge in [-0.3, -0.25) is 29.0 Å². The van der Waals surface area contributed by atoms with Crippen molar-refractivity contribution in [1.29, 1.82) is 0 Å². The number of amides is 4. The van der Waals surface area contributed by atoms with E-state index in [4.69, 9.17) is 30.5 Å². The van der Waals surface area contributed by atoms with Crippen LogP contribution in [0.1, 0.15) is 91.1 Å². The fourth-order valence-electron chi connectivity index (χ4n) is 8.77. The Balaban J connectivity index is 0.787. The number of hydrogen-bond donors (Lipinski definition) is 4. The van der Waals surface area contributed by atoms with E-state index in [1.165, 1.54) is 6.20 Å². The number of sulfone groups is 1. The molecule has 3 fully saturated rings. The number of aromatic nitrogens is 2. The van der Waals surface area contributed by atoms with Crippen LogP contribution in [0.15, 0.2) is 65.7 Å². The number of anilines is 4. The van der Waals surface area contributed by atoms with Gasteiger partial charge in [0.15, 0.2) is 21.9 Å². The molecule has 362 valence electrons. The zero-order chi connectivity index (χ0) is 48.3. The normalized spacial score (nSPS) is 19.6. The molecule has 3 atom stereocenters. The number of nitrogens with zero attached hydrogens (tertiary/aromatic N) is 4. The van der Waals surface area contributed by atoms with Gasteiger partial charge in [0.25, 0.3) is 11.8 Å². The second-order valence-electron chi connectivity index (χ2n) is 17.8. The number of nitrogens with one attached hydrogen (secondary N) is 4. The molecule has 0 spiro atoms. The largest absolute Gasteiger partial charge is 0.490 e. The van der Waals surface area contributed by atoms with Crippen LogP contribution in [-0.4, -0.2) is 128 Å². The molecular formula is C48H57ClN8O10S. The van der Waals surface area contributed by atoms with Crippen molar-refractivity contribution in [3.63, 3.8) is 0 Å². The predicted molar refractivity (Wildman–Crippen MR) is 254 cm³/mol. The van der Waals surface area contributed by atoms with Gasteiger partial charge in [-0.25, -0.2) is 13.4 Å². The first-order valence-corrected chi connectivity index (χ1v) is 24.9. The lowest BCUT2D eigenvalue weighted by Crippen LogP contribution is -2.49. The highest BCUT2D eigenvalue weighted by Gasteiger charge is 2.50. The summed E-state index contributed by atoms with van der Waals surface area (Å²) in [5.74, 6) is 0.00565. The van der Waals surface area contributed by atoms with Gasteiger partial charge in [-0.15, -0.1) is 0 Å². The second kappa shape index (κ2) is 20.8. The molecule has 68 heavy (non-hydrogen) atoms. The Morgan fingerprint density at radius 1 is 0.926 bits per heavy atom. The molecule has 8 rings (SSSR count). The van der Waals surface area contributed by atoms with Crippen LogP contribution in [0.5, 0.6) is 11.5 Å². The molecule has 4 amide bonds. The summed E-state index contributed by atoms with van der Waals surface area (Å²) < 4.78 is 49.4. The van der Waals surface area contributed by atoms with Crippen LogP contribution in [0.4, 0.5) is 23.1 Å². The van der Waals surface area contributed by atoms with E-state index in [0.717, 1.165) is 42.0 Å². The van der Waals surface area contributed by atoms with Gasteiger partial charge in [0.1, 0.15) is 35.3 Å². The van der Waals surface area contributed by atoms with Gasteiger partial charge in [-0.2, -0.15) is 4.98 Å². The van der Waals surface area contributed by atoms with Crippen molar-refractivity contribution >= 4 is 68.2 Å². The van der Waals surface area contributed by atoms with Crippen molar-refractivity contribution in [2.24, 2.45) is 0 Å². The SMILES string of the molecule is Cc1cc(Nc2ncc(Cl)c(Nc3ccccc3S(=O)(=O)C(C)C)n2)c(OC(C)C)cc1C1CCN(CC(=O)NCCOCCOc2cccc3c2C(=O)N(C2CCC4OC4NC2=O)C3=O)CC1. The highest BCUT2D eigenvalue weighted by Crippen LogP contribution is 2.40. The number of hydrogen-bond acceptors (Lipinski definition) is 15. The minimum atomic E-state index is -3.60. The summed E-state index contributed by atoms with van der Waals surface area (Å²) in [5, 5.41) is 11.6. The van der Waals surface area contributed by atoms with Crippen molar-refractivity contribution in [3.8, 4) is 11.5 Å². The molecule has 0 saturated carbocycles. The Labute approximate surface area is 400 Å². The lowest BCUT2D eigenvalue weighted by molar-refractivity contribution is -0.126. The lowest BCUT2D eigenvalue weighted by Gasteiger charge is -2.32. The Hall–Kier alpha value is -5.86. The molecule has 0 aliphatic carbocycles. The Morgan fingerprint density at radius 2 is 1.71 bits per heavy atom. The minimum Gasteiger partial charge on any atom is -0.490 e. The zero-order valence-corrected chi connectivity index (χ0v) is 40.2. The third-order valence-electron chi connectivity index (χ3n) is 12.4. The molecule has 3 unspecified atom stereocenters. The van der Waals surface area contributed by atoms with E-state index < -0.39 is 38.9 Å². The third-order valence-corrected chi connectivity index (χ3v) is 14.8. The van der Waals surface area contributed by atoms with Gasteiger partial charge >= 0.3 is 0 Å². The predicted octanol–water partition coefficient (Wildman–Crippen LogP) is 5.89. The number of rotatable bonds is 19. The number of halogens is 1. The van der Waals surface area contributed by atoms with Crippen molar-refractivity contribution in [2.75, 3.05) is 56.6 Å². The summed E-state index contributed by atoms with van der Waals surface area (Å²) in [4.78, 5) is 64.7. The standard InChI is InChI=1S/C48H57ClN8O10S/c1-27(2)66-39-24-32(29(5)23-35(39)53-48-51-25-33(49)43(54-48)52-34-10-6-7-12-40(34)68(62,63)28(3)4)30-15-18-56(19-16-30)26-41(58)50-17-20-64-21-22-65-37-11-8-9-31-42(37)47(61)57(46(31)60)36-13-14-38-45(67-38)55-44(36)59/h6-12,23-25,27-28,30,36,38,45H,13-22,26H2,1-5H3,(H,50,58)(H,55,59)(H2,51,52,53,54). The topological polar surface area (TPSA) is 223 Å². The Morgan fingerprint density at radius 3 is 2.47 bits per heavy atom. The molecular weight excluding hydrogens is 916 g/mol. The number of benzene rings is 3. The molecule has 4 N–H and O–H groups in total. The number of aryl methyl sites for hydroxylation is 1. The second-order valence-corrected chi connectivity index (χ2v) is 20.7. The molecule has 20 heteroatoms. The number of imide groups is 1. The number of para-hydroxylation sites is 1. The molecule has 1 aromatic heterocycles. The van der Waals surface area contributed by atoms with Crippen molar-refractivity contribution in [2.45, 2.75) is 101 Å². The lowest BCUT2D eigenvalue weighted by atomic mass is 9.86. The summed E-state index contributed by atoms with van der Waals surface area (Å²) in [6.07, 6.45) is 3.48. The van der Waals surface area contributed by atoms with E-state index in [2.05, 4.69) is 49.1 Å². The molecule has 4 aromatic rings. The number of carbonyl (C=O) groups excluding carboxylic acids is 4. The molecule has 4 aliphatic rings. The highest BCUT2D eigenvalue weighted by atomic mass is 35.5. The Kier molecular flexibility index (Phi) is 14.9. The maximum atomic E-state index is 13.5. The highest BCUT2D eigenvalue weighted by molar-refractivity contribution is 7.92. The fraction of sp³-hybridized carbons (Fsp3) is 0.458. The molecule has 0 bridgehead atoms. The van der Waals surface area contributed by atoms with Gasteiger partial charge < -0.3 is 40.2 Å². The summed E-state index contributed by atoms with van der Waals surface area (Å²) in [7, 11) is -3.60. The maximum absolute atomic E-state index is 13.5. The number of carbonyl (C=O) groups is 4. The smallest absolute Gasteiger partial charge is 0.266 e. The Bertz CT molecular complexity index is 2680. The number of ether oxygens (including phenoxy) is 4. The molecule has 0 radical (unpaired) electrons. The summed E-state index contributed by atoms with van der Waals surface area (Å²) in [6, 6.07) is 14.6. The van der Waals surface area contributed by atoms with Crippen LogP contribution in [0.3, 0.4) is 0 Å². The van der Waals surface area contributed by atoms with E-state index in [-0.39, 0.29) is 95.2 Å². The first-order chi connectivity index (χ1) is 32.6. The number of likely N-dealkylation sites (tertiary alicyclic amines) is 1. The summed E-state index contributed by atoms with van der Waals surface area (Å²) in [6.45, 7) is 11.8.